The Labute approximate surface area is 160 Å². The van der Waals surface area contributed by atoms with Crippen molar-refractivity contribution in [3.63, 3.8) is 0 Å². The summed E-state index contributed by atoms with van der Waals surface area (Å²) >= 11 is 1.86. The van der Waals surface area contributed by atoms with Crippen molar-refractivity contribution in [2.24, 2.45) is 0 Å². The zero-order valence-corrected chi connectivity index (χ0v) is 15.9. The van der Waals surface area contributed by atoms with Crippen molar-refractivity contribution in [1.29, 1.82) is 5.26 Å². The van der Waals surface area contributed by atoms with E-state index in [-0.39, 0.29) is 6.61 Å². The molecule has 0 radical (unpaired) electrons. The lowest BCUT2D eigenvalue weighted by molar-refractivity contribution is 0.103. The normalized spacial score (nSPS) is 13.0. The van der Waals surface area contributed by atoms with Gasteiger partial charge in [-0.25, -0.2) is 0 Å². The Morgan fingerprint density at radius 1 is 1.15 bits per heavy atom. The molecule has 0 fully saturated rings. The topological polar surface area (TPSA) is 65.3 Å². The first kappa shape index (κ1) is 20.3. The number of benzene rings is 2. The third-order valence-corrected chi connectivity index (χ3v) is 5.08. The molecule has 0 heterocycles. The number of ether oxygens (including phenoxy) is 1. The lowest BCUT2D eigenvalue weighted by Crippen LogP contribution is -2.38. The van der Waals surface area contributed by atoms with Gasteiger partial charge in [0.25, 0.3) is 0 Å². The number of aliphatic hydroxyl groups excluding tert-OH is 1. The van der Waals surface area contributed by atoms with E-state index in [9.17, 15) is 5.11 Å². The Bertz CT molecular complexity index is 671. The minimum atomic E-state index is -0.568. The number of nitrogens with zero attached hydrogens (tertiary/aromatic N) is 1. The molecule has 2 N–H and O–H groups in total. The SMILES string of the molecule is CCC(CCSc1ccccc1)NCC(O)COc1ccc(C#N)cc1. The number of nitriles is 1. The molecule has 2 rings (SSSR count). The van der Waals surface area contributed by atoms with Gasteiger partial charge in [-0.3, -0.25) is 0 Å². The van der Waals surface area contributed by atoms with E-state index in [0.29, 0.717) is 23.9 Å². The Morgan fingerprint density at radius 3 is 2.54 bits per heavy atom. The largest absolute Gasteiger partial charge is 0.491 e. The van der Waals surface area contributed by atoms with Crippen LogP contribution in [0.5, 0.6) is 5.75 Å². The Morgan fingerprint density at radius 2 is 1.88 bits per heavy atom. The van der Waals surface area contributed by atoms with Crippen molar-refractivity contribution >= 4 is 11.8 Å². The van der Waals surface area contributed by atoms with Crippen LogP contribution in [-0.2, 0) is 0 Å². The lowest BCUT2D eigenvalue weighted by atomic mass is 10.1. The molecule has 138 valence electrons. The third kappa shape index (κ3) is 7.49. The third-order valence-electron chi connectivity index (χ3n) is 4.04. The molecular weight excluding hydrogens is 344 g/mol. The summed E-state index contributed by atoms with van der Waals surface area (Å²) in [7, 11) is 0. The van der Waals surface area contributed by atoms with E-state index >= 15 is 0 Å². The molecule has 0 bridgehead atoms. The Kier molecular flexibility index (Phi) is 9.05. The summed E-state index contributed by atoms with van der Waals surface area (Å²) in [6, 6.07) is 19.8. The molecule has 0 saturated heterocycles. The van der Waals surface area contributed by atoms with Crippen molar-refractivity contribution in [2.75, 3.05) is 18.9 Å². The second-order valence-corrected chi connectivity index (χ2v) is 7.23. The maximum atomic E-state index is 10.1. The fourth-order valence-corrected chi connectivity index (χ4v) is 3.45. The second-order valence-electron chi connectivity index (χ2n) is 6.06. The molecule has 5 heteroatoms. The van der Waals surface area contributed by atoms with E-state index in [1.807, 2.05) is 17.8 Å². The highest BCUT2D eigenvalue weighted by Gasteiger charge is 2.10. The highest BCUT2D eigenvalue weighted by molar-refractivity contribution is 7.99. The van der Waals surface area contributed by atoms with Gasteiger partial charge in [0.15, 0.2) is 0 Å². The van der Waals surface area contributed by atoms with Crippen LogP contribution >= 0.6 is 11.8 Å². The van der Waals surface area contributed by atoms with Crippen molar-refractivity contribution in [2.45, 2.75) is 36.8 Å². The van der Waals surface area contributed by atoms with Crippen LogP contribution in [0.1, 0.15) is 25.3 Å². The Hall–Kier alpha value is -2.00. The number of hydrogen-bond acceptors (Lipinski definition) is 5. The quantitative estimate of drug-likeness (QED) is 0.588. The van der Waals surface area contributed by atoms with Crippen molar-refractivity contribution < 1.29 is 9.84 Å². The molecule has 0 aliphatic heterocycles. The van der Waals surface area contributed by atoms with Gasteiger partial charge >= 0.3 is 0 Å². The standard InChI is InChI=1S/C21H26N2O2S/c1-2-18(12-13-26-21-6-4-3-5-7-21)23-15-19(24)16-25-20-10-8-17(14-22)9-11-20/h3-11,18-19,23-24H,2,12-13,15-16H2,1H3. The smallest absolute Gasteiger partial charge is 0.119 e. The van der Waals surface area contributed by atoms with Crippen LogP contribution in [0, 0.1) is 11.3 Å². The summed E-state index contributed by atoms with van der Waals surface area (Å²) in [4.78, 5) is 1.29. The van der Waals surface area contributed by atoms with Gasteiger partial charge in [-0.1, -0.05) is 25.1 Å². The van der Waals surface area contributed by atoms with Crippen LogP contribution in [0.2, 0.25) is 0 Å². The summed E-state index contributed by atoms with van der Waals surface area (Å²) < 4.78 is 5.57. The molecule has 0 aromatic heterocycles. The number of rotatable bonds is 11. The van der Waals surface area contributed by atoms with Gasteiger partial charge < -0.3 is 15.2 Å². The van der Waals surface area contributed by atoms with Crippen LogP contribution in [-0.4, -0.2) is 36.2 Å². The van der Waals surface area contributed by atoms with Gasteiger partial charge in [0.05, 0.1) is 11.6 Å². The molecule has 2 atom stereocenters. The highest BCUT2D eigenvalue weighted by atomic mass is 32.2. The summed E-state index contributed by atoms with van der Waals surface area (Å²) in [5, 5.41) is 22.3. The molecule has 2 aromatic rings. The van der Waals surface area contributed by atoms with Crippen molar-refractivity contribution in [3.8, 4) is 11.8 Å². The van der Waals surface area contributed by atoms with Gasteiger partial charge in [0, 0.05) is 17.5 Å². The fraction of sp³-hybridized carbons (Fsp3) is 0.381. The van der Waals surface area contributed by atoms with Gasteiger partial charge in [0.2, 0.25) is 0 Å². The van der Waals surface area contributed by atoms with E-state index in [1.54, 1.807) is 24.3 Å². The molecular formula is C21H26N2O2S. The number of thioether (sulfide) groups is 1. The van der Waals surface area contributed by atoms with E-state index in [2.05, 4.69) is 42.6 Å². The van der Waals surface area contributed by atoms with E-state index in [1.165, 1.54) is 4.90 Å². The average molecular weight is 371 g/mol. The Balaban J connectivity index is 1.64. The van der Waals surface area contributed by atoms with Crippen LogP contribution in [0.25, 0.3) is 0 Å². The van der Waals surface area contributed by atoms with E-state index in [0.717, 1.165) is 18.6 Å². The molecule has 0 aliphatic carbocycles. The van der Waals surface area contributed by atoms with Crippen molar-refractivity contribution in [1.82, 2.24) is 5.32 Å². The van der Waals surface area contributed by atoms with Crippen LogP contribution < -0.4 is 10.1 Å². The molecule has 2 aromatic carbocycles. The zero-order chi connectivity index (χ0) is 18.6. The lowest BCUT2D eigenvalue weighted by Gasteiger charge is -2.19. The minimum Gasteiger partial charge on any atom is -0.491 e. The molecule has 26 heavy (non-hydrogen) atoms. The zero-order valence-electron chi connectivity index (χ0n) is 15.1. The van der Waals surface area contributed by atoms with E-state index < -0.39 is 6.10 Å². The molecule has 4 nitrogen and oxygen atoms in total. The predicted octanol–water partition coefficient (Wildman–Crippen LogP) is 3.85. The van der Waals surface area contributed by atoms with Crippen molar-refractivity contribution in [3.05, 3.63) is 60.2 Å². The first-order valence-electron chi connectivity index (χ1n) is 8.93. The molecule has 0 saturated carbocycles. The summed E-state index contributed by atoms with van der Waals surface area (Å²) in [6.45, 7) is 2.89. The molecule has 2 unspecified atom stereocenters. The summed E-state index contributed by atoms with van der Waals surface area (Å²) in [5.74, 6) is 1.71. The number of nitrogens with one attached hydrogen (secondary N) is 1. The van der Waals surface area contributed by atoms with Gasteiger partial charge in [-0.15, -0.1) is 11.8 Å². The fourth-order valence-electron chi connectivity index (χ4n) is 2.47. The first-order valence-corrected chi connectivity index (χ1v) is 9.92. The van der Waals surface area contributed by atoms with Gasteiger partial charge in [0.1, 0.15) is 18.5 Å². The first-order chi connectivity index (χ1) is 12.7. The van der Waals surface area contributed by atoms with E-state index in [4.69, 9.17) is 10.00 Å². The second kappa shape index (κ2) is 11.6. The monoisotopic (exact) mass is 370 g/mol. The number of hydrogen-bond donors (Lipinski definition) is 2. The maximum Gasteiger partial charge on any atom is 0.119 e. The molecule has 0 aliphatic rings. The summed E-state index contributed by atoms with van der Waals surface area (Å²) in [6.07, 6.45) is 1.51. The molecule has 0 spiro atoms. The number of aliphatic hydroxyl groups is 1. The maximum absolute atomic E-state index is 10.1. The minimum absolute atomic E-state index is 0.230. The predicted molar refractivity (Wildman–Crippen MR) is 107 cm³/mol. The van der Waals surface area contributed by atoms with Crippen LogP contribution in [0.15, 0.2) is 59.5 Å². The molecule has 0 amide bonds. The highest BCUT2D eigenvalue weighted by Crippen LogP contribution is 2.19. The van der Waals surface area contributed by atoms with Crippen LogP contribution in [0.4, 0.5) is 0 Å². The van der Waals surface area contributed by atoms with Gasteiger partial charge in [-0.05, 0) is 55.0 Å². The van der Waals surface area contributed by atoms with Crippen LogP contribution in [0.3, 0.4) is 0 Å². The van der Waals surface area contributed by atoms with Gasteiger partial charge in [-0.2, -0.15) is 5.26 Å². The summed E-state index contributed by atoms with van der Waals surface area (Å²) in [5.41, 5.74) is 0.596. The average Bonchev–Trinajstić information content (AvgIpc) is 2.70.